The Morgan fingerprint density at radius 3 is 2.80 bits per heavy atom. The van der Waals surface area contributed by atoms with Crippen LogP contribution in [0.5, 0.6) is 0 Å². The molecule has 0 aliphatic carbocycles. The quantitative estimate of drug-likeness (QED) is 0.729. The SMILES string of the molecule is O=C(Nc1cccc(F)n1)c1cc2ccc(F)cc2s1. The average Bonchev–Trinajstić information content (AvgIpc) is 2.81. The van der Waals surface area contributed by atoms with Gasteiger partial charge in [0.15, 0.2) is 0 Å². The van der Waals surface area contributed by atoms with E-state index in [9.17, 15) is 13.6 Å². The van der Waals surface area contributed by atoms with Crippen molar-refractivity contribution in [3.8, 4) is 0 Å². The van der Waals surface area contributed by atoms with Crippen molar-refractivity contribution in [2.45, 2.75) is 0 Å². The van der Waals surface area contributed by atoms with E-state index in [4.69, 9.17) is 0 Å². The third-order valence-electron chi connectivity index (χ3n) is 2.66. The van der Waals surface area contributed by atoms with Gasteiger partial charge >= 0.3 is 0 Å². The zero-order valence-corrected chi connectivity index (χ0v) is 10.9. The van der Waals surface area contributed by atoms with Crippen LogP contribution in [-0.4, -0.2) is 10.9 Å². The Balaban J connectivity index is 1.88. The van der Waals surface area contributed by atoms with Crippen LogP contribution >= 0.6 is 11.3 Å². The predicted molar refractivity (Wildman–Crippen MR) is 73.9 cm³/mol. The van der Waals surface area contributed by atoms with E-state index in [0.717, 1.165) is 5.39 Å². The van der Waals surface area contributed by atoms with E-state index < -0.39 is 11.9 Å². The van der Waals surface area contributed by atoms with E-state index in [0.29, 0.717) is 9.58 Å². The lowest BCUT2D eigenvalue weighted by Crippen LogP contribution is -2.11. The molecule has 0 unspecified atom stereocenters. The molecular weight excluding hydrogens is 282 g/mol. The molecule has 0 saturated heterocycles. The van der Waals surface area contributed by atoms with Crippen molar-refractivity contribution in [2.75, 3.05) is 5.32 Å². The summed E-state index contributed by atoms with van der Waals surface area (Å²) in [6.45, 7) is 0. The number of hydrogen-bond donors (Lipinski definition) is 1. The number of carbonyl (C=O) groups is 1. The van der Waals surface area contributed by atoms with Gasteiger partial charge in [0.1, 0.15) is 11.6 Å². The Morgan fingerprint density at radius 2 is 2.00 bits per heavy atom. The Morgan fingerprint density at radius 1 is 1.15 bits per heavy atom. The fraction of sp³-hybridized carbons (Fsp3) is 0. The molecule has 1 aromatic carbocycles. The van der Waals surface area contributed by atoms with Crippen LogP contribution in [0.4, 0.5) is 14.6 Å². The number of thiophene rings is 1. The molecule has 100 valence electrons. The lowest BCUT2D eigenvalue weighted by atomic mass is 10.2. The summed E-state index contributed by atoms with van der Waals surface area (Å²) < 4.78 is 26.7. The van der Waals surface area contributed by atoms with Gasteiger partial charge in [-0.1, -0.05) is 12.1 Å². The number of rotatable bonds is 2. The minimum absolute atomic E-state index is 0.138. The standard InChI is InChI=1S/C14H8F2N2OS/c15-9-5-4-8-6-11(20-10(8)7-9)14(19)18-13-3-1-2-12(16)17-13/h1-7H,(H,17,18,19). The maximum atomic E-state index is 13.1. The predicted octanol–water partition coefficient (Wildman–Crippen LogP) is 3.83. The molecule has 20 heavy (non-hydrogen) atoms. The first-order valence-corrected chi connectivity index (χ1v) is 6.56. The largest absolute Gasteiger partial charge is 0.306 e. The van der Waals surface area contributed by atoms with E-state index in [1.165, 1.54) is 41.7 Å². The summed E-state index contributed by atoms with van der Waals surface area (Å²) in [6, 6.07) is 10.1. The monoisotopic (exact) mass is 290 g/mol. The molecule has 0 fully saturated rings. The number of nitrogens with one attached hydrogen (secondary N) is 1. The molecule has 3 rings (SSSR count). The first-order chi connectivity index (χ1) is 9.61. The molecule has 1 amide bonds. The second-order valence-electron chi connectivity index (χ2n) is 4.09. The smallest absolute Gasteiger partial charge is 0.266 e. The Kier molecular flexibility index (Phi) is 3.15. The highest BCUT2D eigenvalue weighted by molar-refractivity contribution is 7.20. The summed E-state index contributed by atoms with van der Waals surface area (Å²) >= 11 is 1.17. The number of benzene rings is 1. The molecule has 6 heteroatoms. The summed E-state index contributed by atoms with van der Waals surface area (Å²) in [4.78, 5) is 16.0. The van der Waals surface area contributed by atoms with Crippen molar-refractivity contribution >= 4 is 33.1 Å². The summed E-state index contributed by atoms with van der Waals surface area (Å²) in [6.07, 6.45) is 0. The van der Waals surface area contributed by atoms with Gasteiger partial charge in [-0.15, -0.1) is 11.3 Å². The second-order valence-corrected chi connectivity index (χ2v) is 5.18. The number of pyridine rings is 1. The first kappa shape index (κ1) is 12.7. The molecular formula is C14H8F2N2OS. The van der Waals surface area contributed by atoms with Crippen LogP contribution in [0.2, 0.25) is 0 Å². The molecule has 2 heterocycles. The molecule has 0 atom stereocenters. The van der Waals surface area contributed by atoms with E-state index in [1.54, 1.807) is 12.1 Å². The van der Waals surface area contributed by atoms with Gasteiger partial charge in [0.25, 0.3) is 5.91 Å². The summed E-state index contributed by atoms with van der Waals surface area (Å²) in [5.41, 5.74) is 0. The number of aromatic nitrogens is 1. The molecule has 2 aromatic heterocycles. The third-order valence-corrected chi connectivity index (χ3v) is 3.76. The molecule has 0 bridgehead atoms. The fourth-order valence-corrected chi connectivity index (χ4v) is 2.76. The van der Waals surface area contributed by atoms with Crippen molar-refractivity contribution < 1.29 is 13.6 Å². The molecule has 0 saturated carbocycles. The van der Waals surface area contributed by atoms with Crippen LogP contribution in [0.15, 0.2) is 42.5 Å². The zero-order chi connectivity index (χ0) is 14.1. The van der Waals surface area contributed by atoms with Gasteiger partial charge in [-0.05, 0) is 35.7 Å². The Bertz CT molecular complexity index is 801. The zero-order valence-electron chi connectivity index (χ0n) is 10.1. The van der Waals surface area contributed by atoms with Crippen LogP contribution in [0.25, 0.3) is 10.1 Å². The van der Waals surface area contributed by atoms with Crippen LogP contribution < -0.4 is 5.32 Å². The van der Waals surface area contributed by atoms with Gasteiger partial charge in [0.2, 0.25) is 5.95 Å². The van der Waals surface area contributed by atoms with E-state index in [1.807, 2.05) is 0 Å². The highest BCUT2D eigenvalue weighted by atomic mass is 32.1. The van der Waals surface area contributed by atoms with Gasteiger partial charge in [-0.3, -0.25) is 4.79 Å². The van der Waals surface area contributed by atoms with Crippen LogP contribution in [-0.2, 0) is 0 Å². The van der Waals surface area contributed by atoms with Crippen molar-refractivity contribution in [1.82, 2.24) is 4.98 Å². The van der Waals surface area contributed by atoms with Gasteiger partial charge in [0, 0.05) is 4.70 Å². The van der Waals surface area contributed by atoms with Gasteiger partial charge in [-0.25, -0.2) is 9.37 Å². The maximum Gasteiger partial charge on any atom is 0.266 e. The number of fused-ring (bicyclic) bond motifs is 1. The number of anilines is 1. The Hall–Kier alpha value is -2.34. The topological polar surface area (TPSA) is 42.0 Å². The van der Waals surface area contributed by atoms with Crippen molar-refractivity contribution in [3.63, 3.8) is 0 Å². The molecule has 0 aliphatic rings. The van der Waals surface area contributed by atoms with Gasteiger partial charge < -0.3 is 5.32 Å². The normalized spacial score (nSPS) is 10.7. The minimum Gasteiger partial charge on any atom is -0.306 e. The van der Waals surface area contributed by atoms with Crippen molar-refractivity contribution in [2.24, 2.45) is 0 Å². The number of hydrogen-bond acceptors (Lipinski definition) is 3. The van der Waals surface area contributed by atoms with Crippen LogP contribution in [0.1, 0.15) is 9.67 Å². The third kappa shape index (κ3) is 2.50. The van der Waals surface area contributed by atoms with E-state index in [-0.39, 0.29) is 11.6 Å². The number of nitrogens with zero attached hydrogens (tertiary/aromatic N) is 1. The summed E-state index contributed by atoms with van der Waals surface area (Å²) in [5.74, 6) is -1.28. The maximum absolute atomic E-state index is 13.1. The summed E-state index contributed by atoms with van der Waals surface area (Å²) in [5, 5.41) is 3.29. The summed E-state index contributed by atoms with van der Waals surface area (Å²) in [7, 11) is 0. The van der Waals surface area contributed by atoms with Gasteiger partial charge in [-0.2, -0.15) is 4.39 Å². The van der Waals surface area contributed by atoms with E-state index >= 15 is 0 Å². The van der Waals surface area contributed by atoms with Crippen molar-refractivity contribution in [3.05, 3.63) is 59.1 Å². The molecule has 1 N–H and O–H groups in total. The highest BCUT2D eigenvalue weighted by Crippen LogP contribution is 2.26. The molecule has 0 spiro atoms. The van der Waals surface area contributed by atoms with E-state index in [2.05, 4.69) is 10.3 Å². The minimum atomic E-state index is -0.666. The first-order valence-electron chi connectivity index (χ1n) is 5.75. The molecule has 3 aromatic rings. The highest BCUT2D eigenvalue weighted by Gasteiger charge is 2.11. The number of amides is 1. The number of carbonyl (C=O) groups excluding carboxylic acids is 1. The fourth-order valence-electron chi connectivity index (χ4n) is 1.77. The molecule has 0 aliphatic heterocycles. The van der Waals surface area contributed by atoms with Crippen LogP contribution in [0.3, 0.4) is 0 Å². The average molecular weight is 290 g/mol. The Labute approximate surface area is 116 Å². The second kappa shape index (κ2) is 4.97. The van der Waals surface area contributed by atoms with Crippen LogP contribution in [0, 0.1) is 11.8 Å². The lowest BCUT2D eigenvalue weighted by molar-refractivity contribution is 0.103. The van der Waals surface area contributed by atoms with Crippen molar-refractivity contribution in [1.29, 1.82) is 0 Å². The lowest BCUT2D eigenvalue weighted by Gasteiger charge is -2.01. The molecule has 3 nitrogen and oxygen atoms in total. The number of halogens is 2. The van der Waals surface area contributed by atoms with Gasteiger partial charge in [0.05, 0.1) is 4.88 Å². The molecule has 0 radical (unpaired) electrons.